The van der Waals surface area contributed by atoms with E-state index in [1.54, 1.807) is 0 Å². The molecule has 0 unspecified atom stereocenters. The number of aryl methyl sites for hydroxylation is 1. The molecule has 1 aliphatic heterocycles. The van der Waals surface area contributed by atoms with Crippen LogP contribution in [0.1, 0.15) is 11.3 Å². The topological polar surface area (TPSA) is 28.2 Å². The van der Waals surface area contributed by atoms with E-state index < -0.39 is 0 Å². The molecule has 1 fully saturated rings. The number of nitrogens with zero attached hydrogens (tertiary/aromatic N) is 2. The van der Waals surface area contributed by atoms with Crippen molar-refractivity contribution in [1.29, 1.82) is 0 Å². The van der Waals surface area contributed by atoms with Crippen molar-refractivity contribution in [2.75, 3.05) is 20.1 Å². The first kappa shape index (κ1) is 9.62. The Balaban J connectivity index is 1.78. The third kappa shape index (κ3) is 2.30. The van der Waals surface area contributed by atoms with Crippen LogP contribution in [0.5, 0.6) is 0 Å². The van der Waals surface area contributed by atoms with Gasteiger partial charge in [-0.15, -0.1) is 0 Å². The lowest BCUT2D eigenvalue weighted by molar-refractivity contribution is 0.161. The van der Waals surface area contributed by atoms with Gasteiger partial charge in [-0.1, -0.05) is 6.07 Å². The Morgan fingerprint density at radius 2 is 2.29 bits per heavy atom. The Hall–Kier alpha value is -0.930. The van der Waals surface area contributed by atoms with Crippen molar-refractivity contribution in [1.82, 2.24) is 15.2 Å². The predicted molar refractivity (Wildman–Crippen MR) is 57.1 cm³/mol. The smallest absolute Gasteiger partial charge is 0.0372 e. The molecule has 3 nitrogen and oxygen atoms in total. The van der Waals surface area contributed by atoms with E-state index in [4.69, 9.17) is 0 Å². The molecule has 2 heterocycles. The minimum Gasteiger partial charge on any atom is -0.307 e. The van der Waals surface area contributed by atoms with E-state index in [0.717, 1.165) is 12.2 Å². The first-order valence-electron chi connectivity index (χ1n) is 5.07. The summed E-state index contributed by atoms with van der Waals surface area (Å²) in [6.45, 7) is 5.28. The van der Waals surface area contributed by atoms with Gasteiger partial charge in [0.25, 0.3) is 0 Å². The highest BCUT2D eigenvalue weighted by Gasteiger charge is 2.21. The van der Waals surface area contributed by atoms with E-state index in [1.807, 2.05) is 13.1 Å². The molecule has 1 aromatic rings. The molecule has 3 heteroatoms. The first-order chi connectivity index (χ1) is 6.74. The zero-order valence-corrected chi connectivity index (χ0v) is 8.83. The van der Waals surface area contributed by atoms with E-state index in [2.05, 4.69) is 34.4 Å². The van der Waals surface area contributed by atoms with Crippen molar-refractivity contribution in [3.63, 3.8) is 0 Å². The minimum absolute atomic E-state index is 0.668. The number of hydrogen-bond donors (Lipinski definition) is 1. The Morgan fingerprint density at radius 1 is 1.50 bits per heavy atom. The number of nitrogens with one attached hydrogen (secondary N) is 1. The third-order valence-electron chi connectivity index (χ3n) is 2.63. The fourth-order valence-electron chi connectivity index (χ4n) is 1.69. The van der Waals surface area contributed by atoms with Crippen LogP contribution in [0.15, 0.2) is 18.3 Å². The van der Waals surface area contributed by atoms with E-state index in [0.29, 0.717) is 6.04 Å². The van der Waals surface area contributed by atoms with Crippen LogP contribution in [-0.2, 0) is 6.54 Å². The molecule has 1 saturated heterocycles. The molecule has 0 spiro atoms. The van der Waals surface area contributed by atoms with Crippen molar-refractivity contribution >= 4 is 0 Å². The first-order valence-corrected chi connectivity index (χ1v) is 5.07. The molecule has 1 aliphatic rings. The average molecular weight is 191 g/mol. The van der Waals surface area contributed by atoms with E-state index in [9.17, 15) is 0 Å². The van der Waals surface area contributed by atoms with Crippen LogP contribution >= 0.6 is 0 Å². The van der Waals surface area contributed by atoms with Gasteiger partial charge < -0.3 is 10.2 Å². The molecule has 76 valence electrons. The fourth-order valence-corrected chi connectivity index (χ4v) is 1.69. The number of likely N-dealkylation sites (tertiary alicyclic amines) is 1. The van der Waals surface area contributed by atoms with Crippen LogP contribution in [0, 0.1) is 6.92 Å². The second-order valence-electron chi connectivity index (χ2n) is 4.11. The van der Waals surface area contributed by atoms with Crippen LogP contribution in [0.2, 0.25) is 0 Å². The molecule has 0 aliphatic carbocycles. The molecule has 0 aromatic carbocycles. The molecule has 0 bridgehead atoms. The van der Waals surface area contributed by atoms with E-state index in [1.165, 1.54) is 18.7 Å². The molecule has 0 saturated carbocycles. The summed E-state index contributed by atoms with van der Waals surface area (Å²) >= 11 is 0. The lowest BCUT2D eigenvalue weighted by Gasteiger charge is -2.36. The molecule has 0 amide bonds. The summed E-state index contributed by atoms with van der Waals surface area (Å²) in [6, 6.07) is 4.86. The zero-order valence-electron chi connectivity index (χ0n) is 8.83. The van der Waals surface area contributed by atoms with Crippen molar-refractivity contribution < 1.29 is 0 Å². The third-order valence-corrected chi connectivity index (χ3v) is 2.63. The second kappa shape index (κ2) is 4.07. The Labute approximate surface area is 85.1 Å². The number of likely N-dealkylation sites (N-methyl/N-ethyl adjacent to an activating group) is 1. The predicted octanol–water partition coefficient (Wildman–Crippen LogP) is 0.794. The molecular formula is C11H17N3. The number of pyridine rings is 1. The molecule has 0 atom stereocenters. The molecular weight excluding hydrogens is 174 g/mol. The summed E-state index contributed by atoms with van der Waals surface area (Å²) < 4.78 is 0. The van der Waals surface area contributed by atoms with Crippen molar-refractivity contribution in [3.8, 4) is 0 Å². The highest BCUT2D eigenvalue weighted by atomic mass is 15.2. The molecule has 1 N–H and O–H groups in total. The van der Waals surface area contributed by atoms with Crippen LogP contribution < -0.4 is 5.32 Å². The van der Waals surface area contributed by atoms with Crippen molar-refractivity contribution in [3.05, 3.63) is 29.6 Å². The fraction of sp³-hybridized carbons (Fsp3) is 0.545. The zero-order chi connectivity index (χ0) is 9.97. The SMILES string of the molecule is Cc1ccc(CNC2CN(C)C2)cn1. The second-order valence-corrected chi connectivity index (χ2v) is 4.11. The normalized spacial score (nSPS) is 18.1. The van der Waals surface area contributed by atoms with Gasteiger partial charge in [-0.2, -0.15) is 0 Å². The lowest BCUT2D eigenvalue weighted by Crippen LogP contribution is -2.55. The Bertz CT molecular complexity index is 288. The van der Waals surface area contributed by atoms with E-state index in [-0.39, 0.29) is 0 Å². The van der Waals surface area contributed by atoms with Crippen molar-refractivity contribution in [2.24, 2.45) is 0 Å². The van der Waals surface area contributed by atoms with E-state index >= 15 is 0 Å². The van der Waals surface area contributed by atoms with Gasteiger partial charge in [0.15, 0.2) is 0 Å². The van der Waals surface area contributed by atoms with Crippen LogP contribution in [0.4, 0.5) is 0 Å². The molecule has 2 rings (SSSR count). The molecule has 14 heavy (non-hydrogen) atoms. The highest BCUT2D eigenvalue weighted by molar-refractivity contribution is 5.13. The number of rotatable bonds is 3. The van der Waals surface area contributed by atoms with Gasteiger partial charge in [-0.25, -0.2) is 0 Å². The average Bonchev–Trinajstić information content (AvgIpc) is 2.13. The monoisotopic (exact) mass is 191 g/mol. The molecule has 0 radical (unpaired) electrons. The Kier molecular flexibility index (Phi) is 2.79. The summed E-state index contributed by atoms with van der Waals surface area (Å²) in [7, 11) is 2.14. The summed E-state index contributed by atoms with van der Waals surface area (Å²) in [5.41, 5.74) is 2.35. The van der Waals surface area contributed by atoms with Crippen LogP contribution in [-0.4, -0.2) is 36.1 Å². The summed E-state index contributed by atoms with van der Waals surface area (Å²) in [4.78, 5) is 6.58. The van der Waals surface area contributed by atoms with Gasteiger partial charge in [-0.3, -0.25) is 4.98 Å². The summed E-state index contributed by atoms with van der Waals surface area (Å²) in [5, 5.41) is 3.50. The largest absolute Gasteiger partial charge is 0.307 e. The Morgan fingerprint density at radius 3 is 2.86 bits per heavy atom. The van der Waals surface area contributed by atoms with Gasteiger partial charge in [0, 0.05) is 37.6 Å². The maximum Gasteiger partial charge on any atom is 0.0372 e. The maximum absolute atomic E-state index is 4.27. The quantitative estimate of drug-likeness (QED) is 0.765. The van der Waals surface area contributed by atoms with Gasteiger partial charge in [0.2, 0.25) is 0 Å². The number of aromatic nitrogens is 1. The van der Waals surface area contributed by atoms with Crippen LogP contribution in [0.3, 0.4) is 0 Å². The van der Waals surface area contributed by atoms with Gasteiger partial charge in [-0.05, 0) is 25.6 Å². The van der Waals surface area contributed by atoms with Crippen molar-refractivity contribution in [2.45, 2.75) is 19.5 Å². The maximum atomic E-state index is 4.27. The van der Waals surface area contributed by atoms with Crippen LogP contribution in [0.25, 0.3) is 0 Å². The molecule has 1 aromatic heterocycles. The highest BCUT2D eigenvalue weighted by Crippen LogP contribution is 2.05. The van der Waals surface area contributed by atoms with Gasteiger partial charge >= 0.3 is 0 Å². The standard InChI is InChI=1S/C11H17N3/c1-9-3-4-10(5-12-9)6-13-11-7-14(2)8-11/h3-5,11,13H,6-8H2,1-2H3. The number of hydrogen-bond acceptors (Lipinski definition) is 3. The summed E-state index contributed by atoms with van der Waals surface area (Å²) in [6.07, 6.45) is 1.95. The summed E-state index contributed by atoms with van der Waals surface area (Å²) in [5.74, 6) is 0. The minimum atomic E-state index is 0.668. The lowest BCUT2D eigenvalue weighted by atomic mass is 10.1. The van der Waals surface area contributed by atoms with Gasteiger partial charge in [0.1, 0.15) is 0 Å². The van der Waals surface area contributed by atoms with Gasteiger partial charge in [0.05, 0.1) is 0 Å².